The Balaban J connectivity index is 1.43. The molecule has 0 atom stereocenters. The minimum absolute atomic E-state index is 0.261. The van der Waals surface area contributed by atoms with Gasteiger partial charge in [0.15, 0.2) is 5.11 Å². The van der Waals surface area contributed by atoms with E-state index in [-0.39, 0.29) is 5.82 Å². The van der Waals surface area contributed by atoms with Crippen LogP contribution in [0, 0.1) is 5.82 Å². The van der Waals surface area contributed by atoms with Gasteiger partial charge >= 0.3 is 0 Å². The second-order valence-electron chi connectivity index (χ2n) is 6.04. The van der Waals surface area contributed by atoms with Gasteiger partial charge in [-0.05, 0) is 36.0 Å². The molecule has 1 heterocycles. The van der Waals surface area contributed by atoms with Crippen LogP contribution in [-0.4, -0.2) is 47.6 Å². The van der Waals surface area contributed by atoms with Crippen LogP contribution in [0.1, 0.15) is 5.56 Å². The first-order chi connectivity index (χ1) is 12.2. The highest BCUT2D eigenvalue weighted by molar-refractivity contribution is 7.80. The smallest absolute Gasteiger partial charge is 0.173 e. The Hall–Kier alpha value is -2.24. The van der Waals surface area contributed by atoms with Crippen LogP contribution in [0.15, 0.2) is 60.7 Å². The van der Waals surface area contributed by atoms with Crippen molar-refractivity contribution in [2.75, 3.05) is 38.0 Å². The number of benzene rings is 2. The molecule has 3 nitrogen and oxygen atoms in total. The van der Waals surface area contributed by atoms with Crippen LogP contribution in [-0.2, 0) is 0 Å². The first-order valence-corrected chi connectivity index (χ1v) is 8.87. The Kier molecular flexibility index (Phi) is 6.14. The van der Waals surface area contributed by atoms with Crippen molar-refractivity contribution < 1.29 is 4.39 Å². The van der Waals surface area contributed by atoms with E-state index < -0.39 is 0 Å². The molecule has 3 rings (SSSR count). The molecule has 0 unspecified atom stereocenters. The molecule has 0 aliphatic carbocycles. The molecule has 0 radical (unpaired) electrons. The van der Waals surface area contributed by atoms with Gasteiger partial charge in [0.05, 0.1) is 0 Å². The number of hydrogen-bond acceptors (Lipinski definition) is 2. The maximum absolute atomic E-state index is 13.2. The Bertz CT molecular complexity index is 725. The van der Waals surface area contributed by atoms with Crippen LogP contribution >= 0.6 is 12.2 Å². The molecule has 0 spiro atoms. The predicted molar refractivity (Wildman–Crippen MR) is 106 cm³/mol. The zero-order valence-electron chi connectivity index (χ0n) is 14.1. The summed E-state index contributed by atoms with van der Waals surface area (Å²) in [4.78, 5) is 4.54. The fourth-order valence-electron chi connectivity index (χ4n) is 2.80. The van der Waals surface area contributed by atoms with E-state index in [1.54, 1.807) is 6.07 Å². The molecule has 1 N–H and O–H groups in total. The molecule has 130 valence electrons. The van der Waals surface area contributed by atoms with Gasteiger partial charge in [0, 0.05) is 38.4 Å². The molecule has 0 saturated carbocycles. The van der Waals surface area contributed by atoms with E-state index in [2.05, 4.69) is 39.4 Å². The Morgan fingerprint density at radius 3 is 2.52 bits per heavy atom. The third-order valence-electron chi connectivity index (χ3n) is 4.21. The average molecular weight is 355 g/mol. The Labute approximate surface area is 153 Å². The van der Waals surface area contributed by atoms with Crippen LogP contribution in [0.3, 0.4) is 0 Å². The molecule has 5 heteroatoms. The first kappa shape index (κ1) is 17.6. The van der Waals surface area contributed by atoms with E-state index in [4.69, 9.17) is 12.2 Å². The Morgan fingerprint density at radius 2 is 1.80 bits per heavy atom. The summed E-state index contributed by atoms with van der Waals surface area (Å²) in [5.74, 6) is -0.261. The first-order valence-electron chi connectivity index (χ1n) is 8.46. The second-order valence-corrected chi connectivity index (χ2v) is 6.43. The summed E-state index contributed by atoms with van der Waals surface area (Å²) in [5, 5.41) is 3.77. The molecular weight excluding hydrogens is 333 g/mol. The summed E-state index contributed by atoms with van der Waals surface area (Å²) >= 11 is 5.45. The summed E-state index contributed by atoms with van der Waals surface area (Å²) in [6.45, 7) is 4.61. The maximum Gasteiger partial charge on any atom is 0.173 e. The van der Waals surface area contributed by atoms with E-state index in [1.165, 1.54) is 17.7 Å². The number of thiocarbonyl (C=S) groups is 1. The molecule has 25 heavy (non-hydrogen) atoms. The fourth-order valence-corrected chi connectivity index (χ4v) is 3.10. The van der Waals surface area contributed by atoms with E-state index in [1.807, 2.05) is 24.3 Å². The average Bonchev–Trinajstić information content (AvgIpc) is 2.63. The number of piperazine rings is 1. The Morgan fingerprint density at radius 1 is 1.04 bits per heavy atom. The maximum atomic E-state index is 13.2. The van der Waals surface area contributed by atoms with Gasteiger partial charge in [-0.1, -0.05) is 48.6 Å². The lowest BCUT2D eigenvalue weighted by Crippen LogP contribution is -2.49. The van der Waals surface area contributed by atoms with Gasteiger partial charge in [-0.15, -0.1) is 0 Å². The third-order valence-corrected chi connectivity index (χ3v) is 4.57. The number of halogens is 1. The van der Waals surface area contributed by atoms with Gasteiger partial charge in [-0.25, -0.2) is 4.39 Å². The molecule has 0 amide bonds. The highest BCUT2D eigenvalue weighted by Crippen LogP contribution is 2.11. The number of hydrogen-bond donors (Lipinski definition) is 1. The van der Waals surface area contributed by atoms with Crippen molar-refractivity contribution in [1.82, 2.24) is 9.80 Å². The molecule has 0 bridgehead atoms. The van der Waals surface area contributed by atoms with Gasteiger partial charge in [0.2, 0.25) is 0 Å². The number of nitrogens with zero attached hydrogens (tertiary/aromatic N) is 2. The van der Waals surface area contributed by atoms with Crippen molar-refractivity contribution in [2.24, 2.45) is 0 Å². The van der Waals surface area contributed by atoms with Gasteiger partial charge in [-0.3, -0.25) is 4.90 Å². The summed E-state index contributed by atoms with van der Waals surface area (Å²) in [7, 11) is 0. The molecule has 1 saturated heterocycles. The lowest BCUT2D eigenvalue weighted by Gasteiger charge is -2.35. The highest BCUT2D eigenvalue weighted by Gasteiger charge is 2.18. The zero-order valence-corrected chi connectivity index (χ0v) is 14.9. The molecule has 2 aromatic carbocycles. The van der Waals surface area contributed by atoms with Crippen LogP contribution < -0.4 is 5.32 Å². The van der Waals surface area contributed by atoms with Crippen LogP contribution in [0.4, 0.5) is 10.1 Å². The lowest BCUT2D eigenvalue weighted by molar-refractivity contribution is 0.200. The summed E-state index contributed by atoms with van der Waals surface area (Å²) in [5.41, 5.74) is 1.92. The van der Waals surface area contributed by atoms with Crippen molar-refractivity contribution in [2.45, 2.75) is 0 Å². The zero-order chi connectivity index (χ0) is 17.5. The quantitative estimate of drug-likeness (QED) is 0.839. The van der Waals surface area contributed by atoms with Crippen LogP contribution in [0.25, 0.3) is 6.08 Å². The summed E-state index contributed by atoms with van der Waals surface area (Å²) in [6, 6.07) is 16.7. The molecule has 1 aliphatic heterocycles. The third kappa shape index (κ3) is 5.37. The van der Waals surface area contributed by atoms with Crippen molar-refractivity contribution in [3.8, 4) is 0 Å². The monoisotopic (exact) mass is 355 g/mol. The van der Waals surface area contributed by atoms with Gasteiger partial charge < -0.3 is 10.2 Å². The van der Waals surface area contributed by atoms with Crippen molar-refractivity contribution in [1.29, 1.82) is 0 Å². The number of nitrogens with one attached hydrogen (secondary N) is 1. The number of rotatable bonds is 4. The topological polar surface area (TPSA) is 18.5 Å². The standard InChI is InChI=1S/C20H22FN3S/c21-18-9-4-10-19(16-18)22-20(25)24-14-12-23(13-15-24)11-5-8-17-6-2-1-3-7-17/h1-10,16H,11-15H2,(H,22,25). The SMILES string of the molecule is Fc1cccc(NC(=S)N2CCN(CC=Cc3ccccc3)CC2)c1. The minimum Gasteiger partial charge on any atom is -0.346 e. The van der Waals surface area contributed by atoms with E-state index in [0.717, 1.165) is 32.7 Å². The molecular formula is C20H22FN3S. The lowest BCUT2D eigenvalue weighted by atomic mass is 10.2. The van der Waals surface area contributed by atoms with Crippen molar-refractivity contribution in [3.63, 3.8) is 0 Å². The van der Waals surface area contributed by atoms with Crippen molar-refractivity contribution in [3.05, 3.63) is 72.1 Å². The van der Waals surface area contributed by atoms with Gasteiger partial charge in [0.25, 0.3) is 0 Å². The molecule has 2 aromatic rings. The number of anilines is 1. The van der Waals surface area contributed by atoms with E-state index in [0.29, 0.717) is 10.8 Å². The fraction of sp³-hybridized carbons (Fsp3) is 0.250. The predicted octanol–water partition coefficient (Wildman–Crippen LogP) is 3.85. The van der Waals surface area contributed by atoms with E-state index >= 15 is 0 Å². The molecule has 1 aliphatic rings. The normalized spacial score (nSPS) is 15.5. The molecule has 1 fully saturated rings. The highest BCUT2D eigenvalue weighted by atomic mass is 32.1. The summed E-state index contributed by atoms with van der Waals surface area (Å²) < 4.78 is 13.2. The molecule has 0 aromatic heterocycles. The van der Waals surface area contributed by atoms with Crippen LogP contribution in [0.5, 0.6) is 0 Å². The largest absolute Gasteiger partial charge is 0.346 e. The summed E-state index contributed by atoms with van der Waals surface area (Å²) in [6.07, 6.45) is 4.36. The minimum atomic E-state index is -0.261. The second kappa shape index (κ2) is 8.74. The van der Waals surface area contributed by atoms with Gasteiger partial charge in [0.1, 0.15) is 5.82 Å². The van der Waals surface area contributed by atoms with Crippen LogP contribution in [0.2, 0.25) is 0 Å². The van der Waals surface area contributed by atoms with Gasteiger partial charge in [-0.2, -0.15) is 0 Å². The van der Waals surface area contributed by atoms with Crippen molar-refractivity contribution >= 4 is 29.1 Å². The van der Waals surface area contributed by atoms with E-state index in [9.17, 15) is 4.39 Å².